The molecule has 0 aliphatic carbocycles. The van der Waals surface area contributed by atoms with E-state index in [1.165, 1.54) is 30.6 Å². The molecule has 0 radical (unpaired) electrons. The van der Waals surface area contributed by atoms with Gasteiger partial charge >= 0.3 is 0 Å². The lowest BCUT2D eigenvalue weighted by Crippen LogP contribution is -2.13. The van der Waals surface area contributed by atoms with Gasteiger partial charge in [-0.05, 0) is 25.1 Å². The summed E-state index contributed by atoms with van der Waals surface area (Å²) >= 11 is 5.92. The Hall–Kier alpha value is -2.12. The quantitative estimate of drug-likeness (QED) is 0.796. The molecule has 0 aliphatic heterocycles. The molecule has 8 heteroatoms. The molecule has 3 rings (SSSR count). The van der Waals surface area contributed by atoms with Crippen LogP contribution in [0.4, 0.5) is 4.39 Å². The normalized spacial score (nSPS) is 11.8. The second-order valence-corrected chi connectivity index (χ2v) is 7.01. The van der Waals surface area contributed by atoms with E-state index < -0.39 is 16.0 Å². The van der Waals surface area contributed by atoms with Gasteiger partial charge in [-0.15, -0.1) is 0 Å². The first-order valence-electron chi connectivity index (χ1n) is 6.29. The highest BCUT2D eigenvalue weighted by atomic mass is 35.5. The van der Waals surface area contributed by atoms with Crippen molar-refractivity contribution in [2.45, 2.75) is 11.8 Å². The monoisotopic (exact) mass is 339 g/mol. The molecule has 1 aromatic carbocycles. The molecule has 22 heavy (non-hydrogen) atoms. The minimum absolute atomic E-state index is 0.0302. The van der Waals surface area contributed by atoms with Crippen LogP contribution < -0.4 is 0 Å². The molecule has 1 N–H and O–H groups in total. The predicted octanol–water partition coefficient (Wildman–Crippen LogP) is 3.22. The lowest BCUT2D eigenvalue weighted by molar-refractivity contribution is 0.579. The molecule has 0 saturated heterocycles. The Kier molecular flexibility index (Phi) is 3.54. The predicted molar refractivity (Wildman–Crippen MR) is 80.7 cm³/mol. The minimum atomic E-state index is -3.88. The van der Waals surface area contributed by atoms with E-state index in [0.29, 0.717) is 0 Å². The van der Waals surface area contributed by atoms with E-state index in [1.54, 1.807) is 12.1 Å². The number of halogens is 2. The molecule has 0 saturated carbocycles. The van der Waals surface area contributed by atoms with Crippen molar-refractivity contribution in [3.63, 3.8) is 0 Å². The average Bonchev–Trinajstić information content (AvgIpc) is 3.05. The van der Waals surface area contributed by atoms with Gasteiger partial charge in [0.2, 0.25) is 5.95 Å². The summed E-state index contributed by atoms with van der Waals surface area (Å²) < 4.78 is 40.1. The molecule has 0 bridgehead atoms. The molecule has 0 aliphatic rings. The number of aromatic amines is 1. The van der Waals surface area contributed by atoms with Gasteiger partial charge < -0.3 is 0 Å². The summed E-state index contributed by atoms with van der Waals surface area (Å²) in [4.78, 5) is 0.0931. The van der Waals surface area contributed by atoms with Crippen LogP contribution in [0, 0.1) is 12.9 Å². The van der Waals surface area contributed by atoms with E-state index in [1.807, 2.05) is 6.92 Å². The van der Waals surface area contributed by atoms with Gasteiger partial charge in [-0.1, -0.05) is 29.3 Å². The zero-order valence-corrected chi connectivity index (χ0v) is 13.0. The van der Waals surface area contributed by atoms with Gasteiger partial charge in [0.25, 0.3) is 10.0 Å². The summed E-state index contributed by atoms with van der Waals surface area (Å²) in [6, 6.07) is 7.75. The fraction of sp³-hybridized carbons (Fsp3) is 0.0714. The van der Waals surface area contributed by atoms with Gasteiger partial charge in [0.15, 0.2) is 0 Å². The van der Waals surface area contributed by atoms with Crippen LogP contribution in [-0.4, -0.2) is 22.6 Å². The molecule has 3 aromatic rings. The van der Waals surface area contributed by atoms with Crippen molar-refractivity contribution in [2.75, 3.05) is 0 Å². The van der Waals surface area contributed by atoms with E-state index in [-0.39, 0.29) is 21.2 Å². The van der Waals surface area contributed by atoms with Crippen LogP contribution in [-0.2, 0) is 10.0 Å². The third-order valence-corrected chi connectivity index (χ3v) is 5.09. The van der Waals surface area contributed by atoms with Gasteiger partial charge in [-0.25, -0.2) is 12.4 Å². The van der Waals surface area contributed by atoms with E-state index >= 15 is 0 Å². The number of aryl methyl sites for hydroxylation is 1. The molecule has 0 unspecified atom stereocenters. The lowest BCUT2D eigenvalue weighted by Gasteiger charge is -2.09. The van der Waals surface area contributed by atoms with Crippen LogP contribution in [0.3, 0.4) is 0 Å². The molecule has 0 atom stereocenters. The Labute approximate surface area is 131 Å². The average molecular weight is 340 g/mol. The molecule has 5 nitrogen and oxygen atoms in total. The smallest absolute Gasteiger partial charge is 0.252 e. The molecule has 0 amide bonds. The van der Waals surface area contributed by atoms with Crippen LogP contribution in [0.1, 0.15) is 5.56 Å². The van der Waals surface area contributed by atoms with Crippen molar-refractivity contribution in [1.82, 2.24) is 14.2 Å². The number of benzene rings is 1. The number of rotatable bonds is 3. The second kappa shape index (κ2) is 5.26. The molecule has 114 valence electrons. The zero-order valence-electron chi connectivity index (χ0n) is 11.4. The topological polar surface area (TPSA) is 67.8 Å². The van der Waals surface area contributed by atoms with E-state index in [2.05, 4.69) is 10.2 Å². The maximum Gasteiger partial charge on any atom is 0.268 e. The third-order valence-electron chi connectivity index (χ3n) is 3.20. The Morgan fingerprint density at radius 2 is 1.95 bits per heavy atom. The highest BCUT2D eigenvalue weighted by molar-refractivity contribution is 7.90. The largest absolute Gasteiger partial charge is 0.268 e. The number of H-pyrrole nitrogens is 1. The maximum absolute atomic E-state index is 13.7. The second-order valence-electron chi connectivity index (χ2n) is 4.76. The Morgan fingerprint density at radius 1 is 1.27 bits per heavy atom. The molecule has 0 fully saturated rings. The van der Waals surface area contributed by atoms with E-state index in [9.17, 15) is 12.8 Å². The first kappa shape index (κ1) is 14.8. The Balaban J connectivity index is 2.20. The Bertz CT molecular complexity index is 929. The van der Waals surface area contributed by atoms with Crippen molar-refractivity contribution in [3.05, 3.63) is 59.3 Å². The molecule has 2 heterocycles. The zero-order chi connectivity index (χ0) is 15.9. The summed E-state index contributed by atoms with van der Waals surface area (Å²) in [7, 11) is -3.88. The first-order chi connectivity index (χ1) is 10.4. The number of hydrogen-bond donors (Lipinski definition) is 1. The van der Waals surface area contributed by atoms with E-state index in [0.717, 1.165) is 9.54 Å². The van der Waals surface area contributed by atoms with Gasteiger partial charge in [-0.3, -0.25) is 5.10 Å². The van der Waals surface area contributed by atoms with Crippen molar-refractivity contribution >= 4 is 21.6 Å². The lowest BCUT2D eigenvalue weighted by atomic mass is 10.2. The molecule has 2 aromatic heterocycles. The number of hydrogen-bond acceptors (Lipinski definition) is 3. The molecular formula is C14H11ClFN3O2S. The van der Waals surface area contributed by atoms with Crippen molar-refractivity contribution in [2.24, 2.45) is 0 Å². The minimum Gasteiger partial charge on any atom is -0.252 e. The summed E-state index contributed by atoms with van der Waals surface area (Å²) in [5.41, 5.74) is 1.07. The van der Waals surface area contributed by atoms with Crippen LogP contribution in [0.15, 0.2) is 47.6 Å². The van der Waals surface area contributed by atoms with Crippen LogP contribution >= 0.6 is 11.6 Å². The SMILES string of the molecule is Cc1ccc(S(=O)(=O)n2cc(Cl)cc2-c2cn[nH]c2F)cc1. The van der Waals surface area contributed by atoms with Gasteiger partial charge in [-0.2, -0.15) is 9.49 Å². The van der Waals surface area contributed by atoms with Crippen molar-refractivity contribution < 1.29 is 12.8 Å². The van der Waals surface area contributed by atoms with Gasteiger partial charge in [0, 0.05) is 6.20 Å². The van der Waals surface area contributed by atoms with Crippen LogP contribution in [0.25, 0.3) is 11.3 Å². The molecular weight excluding hydrogens is 329 g/mol. The van der Waals surface area contributed by atoms with Crippen LogP contribution in [0.5, 0.6) is 0 Å². The highest BCUT2D eigenvalue weighted by Gasteiger charge is 2.23. The third kappa shape index (κ3) is 2.42. The fourth-order valence-corrected chi connectivity index (χ4v) is 3.71. The van der Waals surface area contributed by atoms with Crippen molar-refractivity contribution in [3.8, 4) is 11.3 Å². The van der Waals surface area contributed by atoms with Crippen LogP contribution in [0.2, 0.25) is 5.02 Å². The standard InChI is InChI=1S/C14H11ClFN3O2S/c1-9-2-4-11(5-3-9)22(20,21)19-8-10(15)6-13(19)12-7-17-18-14(12)16/h2-8H,1H3,(H,17,18). The number of nitrogens with zero attached hydrogens (tertiary/aromatic N) is 2. The highest BCUT2D eigenvalue weighted by Crippen LogP contribution is 2.29. The maximum atomic E-state index is 13.7. The summed E-state index contributed by atoms with van der Waals surface area (Å²) in [6.45, 7) is 1.86. The van der Waals surface area contributed by atoms with Gasteiger partial charge in [0.05, 0.1) is 27.4 Å². The summed E-state index contributed by atoms with van der Waals surface area (Å²) in [6.07, 6.45) is 2.45. The van der Waals surface area contributed by atoms with E-state index in [4.69, 9.17) is 11.6 Å². The molecule has 0 spiro atoms. The van der Waals surface area contributed by atoms with Crippen molar-refractivity contribution in [1.29, 1.82) is 0 Å². The summed E-state index contributed by atoms with van der Waals surface area (Å²) in [5.74, 6) is -0.727. The van der Waals surface area contributed by atoms with Gasteiger partial charge in [0.1, 0.15) is 0 Å². The Morgan fingerprint density at radius 3 is 2.55 bits per heavy atom. The summed E-state index contributed by atoms with van der Waals surface area (Å²) in [5, 5.41) is 5.88. The number of nitrogens with one attached hydrogen (secondary N) is 1. The fourth-order valence-electron chi connectivity index (χ4n) is 2.08. The first-order valence-corrected chi connectivity index (χ1v) is 8.11. The number of aromatic nitrogens is 3.